The minimum Gasteiger partial charge on any atom is -0.545 e. The molecule has 8 nitrogen and oxygen atoms in total. The summed E-state index contributed by atoms with van der Waals surface area (Å²) in [7, 11) is 0. The molecule has 1 aliphatic heterocycles. The molecule has 1 amide bonds. The van der Waals surface area contributed by atoms with Crippen molar-refractivity contribution in [2.24, 2.45) is 0 Å². The molecule has 2 aliphatic rings. The molecule has 1 N–H and O–H groups in total. The van der Waals surface area contributed by atoms with E-state index in [1.807, 2.05) is 84.9 Å². The lowest BCUT2D eigenvalue weighted by Crippen LogP contribution is -2.34. The average Bonchev–Trinajstić information content (AvgIpc) is 3.33. The van der Waals surface area contributed by atoms with Gasteiger partial charge in [-0.25, -0.2) is 9.37 Å². The van der Waals surface area contributed by atoms with Crippen molar-refractivity contribution in [2.75, 3.05) is 24.6 Å². The Morgan fingerprint density at radius 2 is 1.29 bits per heavy atom. The number of unbranched alkanes of at least 4 members (excludes halogenated alkanes) is 15. The number of carbonyl (C=O) groups is 2. The van der Waals surface area contributed by atoms with E-state index in [0.29, 0.717) is 43.1 Å². The predicted molar refractivity (Wildman–Crippen MR) is 265 cm³/mol. The Morgan fingerprint density at radius 3 is 1.92 bits per heavy atom. The van der Waals surface area contributed by atoms with Gasteiger partial charge in [0, 0.05) is 58.5 Å². The summed E-state index contributed by atoms with van der Waals surface area (Å²) in [5.41, 5.74) is 5.85. The summed E-state index contributed by atoms with van der Waals surface area (Å²) < 4.78 is 14.6. The molecular formula is C57H69N3O5. The molecule has 0 spiro atoms. The Balaban J connectivity index is 1.12. The van der Waals surface area contributed by atoms with E-state index in [2.05, 4.69) is 52.6 Å². The first-order valence-electron chi connectivity index (χ1n) is 24.2. The van der Waals surface area contributed by atoms with Crippen molar-refractivity contribution in [2.45, 2.75) is 123 Å². The number of alkyl carbamates (subject to hydrolysis) is 1. The van der Waals surface area contributed by atoms with E-state index in [1.54, 1.807) is 18.3 Å². The fourth-order valence-corrected chi connectivity index (χ4v) is 8.72. The number of ether oxygens (including phenoxy) is 1. The minimum atomic E-state index is -1.25. The third-order valence-electron chi connectivity index (χ3n) is 12.3. The van der Waals surface area contributed by atoms with Crippen LogP contribution in [0.2, 0.25) is 0 Å². The Hall–Kier alpha value is -6.15. The van der Waals surface area contributed by atoms with Gasteiger partial charge in [-0.3, -0.25) is 0 Å². The quantitative estimate of drug-likeness (QED) is 0.0299. The van der Waals surface area contributed by atoms with Gasteiger partial charge >= 0.3 is 6.09 Å². The number of rotatable bonds is 28. The zero-order chi connectivity index (χ0) is 45.5. The second-order valence-corrected chi connectivity index (χ2v) is 17.2. The van der Waals surface area contributed by atoms with Crippen molar-refractivity contribution in [1.29, 1.82) is 0 Å². The molecule has 65 heavy (non-hydrogen) atoms. The summed E-state index contributed by atoms with van der Waals surface area (Å²) in [4.78, 5) is 27.3. The number of carbonyl (C=O) groups excluding carboxylic acids is 2. The van der Waals surface area contributed by atoms with E-state index in [1.165, 1.54) is 89.9 Å². The second kappa shape index (κ2) is 26.6. The molecule has 342 valence electrons. The van der Waals surface area contributed by atoms with Gasteiger partial charge in [0.05, 0.1) is 12.0 Å². The third kappa shape index (κ3) is 15.0. The van der Waals surface area contributed by atoms with Crippen LogP contribution in [0.3, 0.4) is 0 Å². The number of hydrogen-bond acceptors (Lipinski definition) is 6. The van der Waals surface area contributed by atoms with Crippen molar-refractivity contribution in [3.05, 3.63) is 156 Å². The number of nitrogens with zero attached hydrogens (tertiary/aromatic N) is 2. The number of nitrogens with one attached hydrogen (secondary N) is 1. The van der Waals surface area contributed by atoms with Gasteiger partial charge in [0.15, 0.2) is 19.7 Å². The fraction of sp³-hybridized carbons (Fsp3) is 0.386. The summed E-state index contributed by atoms with van der Waals surface area (Å²) in [6.45, 7) is 8.79. The Labute approximate surface area is 387 Å². The fourth-order valence-electron chi connectivity index (χ4n) is 8.72. The molecule has 4 aromatic rings. The third-order valence-corrected chi connectivity index (χ3v) is 12.3. The van der Waals surface area contributed by atoms with Gasteiger partial charge in [0.25, 0.3) is 0 Å². The lowest BCUT2D eigenvalue weighted by Gasteiger charge is -2.22. The zero-order valence-corrected chi connectivity index (χ0v) is 38.6. The van der Waals surface area contributed by atoms with Gasteiger partial charge in [-0.1, -0.05) is 195 Å². The maximum atomic E-state index is 12.8. The summed E-state index contributed by atoms with van der Waals surface area (Å²) in [5.74, 6) is -0.668. The van der Waals surface area contributed by atoms with E-state index in [0.717, 1.165) is 51.5 Å². The van der Waals surface area contributed by atoms with E-state index < -0.39 is 12.1 Å². The highest BCUT2D eigenvalue weighted by Crippen LogP contribution is 2.42. The van der Waals surface area contributed by atoms with Gasteiger partial charge in [-0.15, -0.1) is 0 Å². The molecule has 0 atom stereocenters. The van der Waals surface area contributed by atoms with Crippen LogP contribution in [0.1, 0.15) is 131 Å². The molecule has 1 aliphatic carbocycles. The van der Waals surface area contributed by atoms with Gasteiger partial charge in [-0.2, -0.15) is 0 Å². The highest BCUT2D eigenvalue weighted by molar-refractivity contribution is 6.07. The smallest absolute Gasteiger partial charge is 0.407 e. The van der Waals surface area contributed by atoms with Crippen molar-refractivity contribution in [1.82, 2.24) is 9.89 Å². The largest absolute Gasteiger partial charge is 0.545 e. The van der Waals surface area contributed by atoms with Gasteiger partial charge < -0.3 is 29.3 Å². The molecule has 0 aromatic heterocycles. The summed E-state index contributed by atoms with van der Waals surface area (Å²) in [5, 5.41) is 17.1. The monoisotopic (exact) mass is 876 g/mol. The molecule has 0 fully saturated rings. The molecule has 0 unspecified atom stereocenters. The first-order chi connectivity index (χ1) is 31.9. The maximum Gasteiger partial charge on any atom is 0.407 e. The number of amides is 1. The summed E-state index contributed by atoms with van der Waals surface area (Å²) in [6.07, 6.45) is 22.4. The molecule has 4 aromatic carbocycles. The van der Waals surface area contributed by atoms with Crippen molar-refractivity contribution in [3.8, 4) is 22.5 Å². The highest BCUT2D eigenvalue weighted by Gasteiger charge is 2.22. The van der Waals surface area contributed by atoms with Crippen LogP contribution in [0.25, 0.3) is 33.4 Å². The van der Waals surface area contributed by atoms with Crippen molar-refractivity contribution < 1.29 is 23.8 Å². The van der Waals surface area contributed by atoms with E-state index >= 15 is 0 Å². The minimum absolute atomic E-state index is 0.0993. The lowest BCUT2D eigenvalue weighted by molar-refractivity contribution is -0.254. The van der Waals surface area contributed by atoms with E-state index in [-0.39, 0.29) is 12.2 Å². The number of benzene rings is 5. The molecule has 8 heteroatoms. The average molecular weight is 876 g/mol. The van der Waals surface area contributed by atoms with Crippen LogP contribution < -0.4 is 25.3 Å². The number of fused-ring (bicyclic) bond motifs is 2. The van der Waals surface area contributed by atoms with Crippen LogP contribution in [-0.4, -0.2) is 31.8 Å². The first-order valence-corrected chi connectivity index (χ1v) is 24.2. The second-order valence-electron chi connectivity index (χ2n) is 17.2. The number of carboxylic acids is 1. The van der Waals surface area contributed by atoms with Crippen LogP contribution in [-0.2, 0) is 17.8 Å². The molecule has 1 heterocycles. The topological polar surface area (TPSA) is 97.9 Å². The normalized spacial score (nSPS) is 11.7. The van der Waals surface area contributed by atoms with Crippen LogP contribution in [0, 0.1) is 0 Å². The Kier molecular flexibility index (Phi) is 19.8. The zero-order valence-electron chi connectivity index (χ0n) is 38.6. The van der Waals surface area contributed by atoms with Crippen molar-refractivity contribution >= 4 is 28.7 Å². The van der Waals surface area contributed by atoms with Crippen LogP contribution >= 0.6 is 0 Å². The number of aromatic carboxylic acids is 1. The van der Waals surface area contributed by atoms with Crippen LogP contribution in [0.15, 0.2) is 139 Å². The number of carboxylic acid groups (broad SMARTS) is 1. The molecule has 0 saturated carbocycles. The van der Waals surface area contributed by atoms with Gasteiger partial charge in [0.2, 0.25) is 5.36 Å². The lowest BCUT2D eigenvalue weighted by atomic mass is 9.90. The summed E-state index contributed by atoms with van der Waals surface area (Å²) in [6, 6.07) is 39.3. The summed E-state index contributed by atoms with van der Waals surface area (Å²) >= 11 is 0. The number of hydrogen-bond donors (Lipinski definition) is 1. The van der Waals surface area contributed by atoms with Gasteiger partial charge in [0.1, 0.15) is 11.3 Å². The molecule has 6 rings (SSSR count). The van der Waals surface area contributed by atoms with Crippen molar-refractivity contribution in [3.63, 3.8) is 0 Å². The standard InChI is InChI=1S/C57H69N3O5/c1-3-5-6-7-8-9-10-11-12-13-14-15-16-17-18-27-38-58-57(63)64-40-39-60(44-46-30-23-20-24-31-46)48-35-37-52-54(42-48)65-53-41-47(59(4-2)43-45-28-21-19-22-29-45)34-36-51(53)55(52)49-32-25-26-33-50(49)56(61)62/h4,19-26,28-37,41-42H,2-3,5-18,27,38-40,43-44H2,1H3,(H-,58,61,62,63). The SMILES string of the molecule is C=CN(Cc1ccccc1)c1ccc2c(-c3ccccc3C(=O)[O-])c3ccc(=[N+](CCOC(=O)NCCCCCCCCCCCCCCCCCC)Cc4ccccc4)cc-3oc2c1. The number of anilines is 1. The predicted octanol–water partition coefficient (Wildman–Crippen LogP) is 12.7. The van der Waals surface area contributed by atoms with Crippen LogP contribution in [0.5, 0.6) is 0 Å². The molecular weight excluding hydrogens is 807 g/mol. The Bertz CT molecular complexity index is 2430. The Morgan fingerprint density at radius 1 is 0.692 bits per heavy atom. The molecule has 0 saturated heterocycles. The molecule has 0 bridgehead atoms. The van der Waals surface area contributed by atoms with Crippen LogP contribution in [0.4, 0.5) is 10.5 Å². The highest BCUT2D eigenvalue weighted by atomic mass is 16.5. The maximum absolute atomic E-state index is 12.8. The first kappa shape index (κ1) is 48.3. The van der Waals surface area contributed by atoms with E-state index in [9.17, 15) is 14.7 Å². The van der Waals surface area contributed by atoms with E-state index in [4.69, 9.17) is 9.15 Å². The van der Waals surface area contributed by atoms with Gasteiger partial charge in [-0.05, 0) is 41.9 Å². The molecule has 0 radical (unpaired) electrons.